The number of hydrogen-bond acceptors (Lipinski definition) is 5. The van der Waals surface area contributed by atoms with Gasteiger partial charge >= 0.3 is 0 Å². The van der Waals surface area contributed by atoms with E-state index in [0.29, 0.717) is 43.7 Å². The topological polar surface area (TPSA) is 71.1 Å². The number of amides is 2. The van der Waals surface area contributed by atoms with Crippen LogP contribution in [0.3, 0.4) is 0 Å². The van der Waals surface area contributed by atoms with E-state index < -0.39 is 5.92 Å². The number of benzene rings is 2. The Kier molecular flexibility index (Phi) is 8.75. The van der Waals surface area contributed by atoms with Crippen LogP contribution in [0, 0.1) is 0 Å². The average molecular weight is 534 g/mol. The van der Waals surface area contributed by atoms with Gasteiger partial charge in [-0.05, 0) is 87.4 Å². The highest BCUT2D eigenvalue weighted by Crippen LogP contribution is 2.48. The van der Waals surface area contributed by atoms with Gasteiger partial charge in [-0.15, -0.1) is 0 Å². The van der Waals surface area contributed by atoms with Gasteiger partial charge < -0.3 is 24.6 Å². The van der Waals surface area contributed by atoms with E-state index in [1.165, 1.54) is 25.7 Å². The fourth-order valence-corrected chi connectivity index (χ4v) is 6.77. The number of nitrogens with one attached hydrogen (secondary N) is 1. The molecule has 2 aromatic carbocycles. The molecule has 3 atom stereocenters. The molecule has 3 aliphatic rings. The Morgan fingerprint density at radius 1 is 1.00 bits per heavy atom. The standard InChI is InChI=1S/C32H43N3O4/c1-4-23-12-9-10-17-34(23)18-11-16-33-31(36)29-24-13-7-8-14-25(24)32(37)35-19-15-22-20-27(38-5-2)28(39-6-3)21-26(22)30(29)35/h7-8,13-14,20-21,23,29-30H,4-6,9-12,15-19H2,1-3H3,(H,33,36)/t23-,29+,30-/m1/s1. The minimum Gasteiger partial charge on any atom is -0.490 e. The Balaban J connectivity index is 1.42. The lowest BCUT2D eigenvalue weighted by Gasteiger charge is -2.45. The van der Waals surface area contributed by atoms with Crippen molar-refractivity contribution in [2.24, 2.45) is 0 Å². The quantitative estimate of drug-likeness (QED) is 0.431. The third-order valence-electron chi connectivity index (χ3n) is 8.61. The van der Waals surface area contributed by atoms with Crippen LogP contribution in [-0.4, -0.2) is 67.0 Å². The monoisotopic (exact) mass is 533 g/mol. The molecule has 0 aliphatic carbocycles. The summed E-state index contributed by atoms with van der Waals surface area (Å²) >= 11 is 0. The fourth-order valence-electron chi connectivity index (χ4n) is 6.77. The van der Waals surface area contributed by atoms with Gasteiger partial charge in [0.15, 0.2) is 11.5 Å². The van der Waals surface area contributed by atoms with E-state index in [9.17, 15) is 9.59 Å². The van der Waals surface area contributed by atoms with Gasteiger partial charge in [0, 0.05) is 31.2 Å². The summed E-state index contributed by atoms with van der Waals surface area (Å²) in [5, 5.41) is 3.26. The molecule has 39 heavy (non-hydrogen) atoms. The van der Waals surface area contributed by atoms with Crippen LogP contribution in [0.25, 0.3) is 0 Å². The first-order chi connectivity index (χ1) is 19.1. The fraction of sp³-hybridized carbons (Fsp3) is 0.562. The normalized spacial score (nSPS) is 22.5. The second-order valence-corrected chi connectivity index (χ2v) is 10.9. The zero-order chi connectivity index (χ0) is 27.4. The molecule has 0 saturated carbocycles. The van der Waals surface area contributed by atoms with Gasteiger partial charge in [-0.1, -0.05) is 31.5 Å². The Morgan fingerprint density at radius 3 is 2.54 bits per heavy atom. The minimum absolute atomic E-state index is 0.00662. The van der Waals surface area contributed by atoms with Crippen LogP contribution in [0.2, 0.25) is 0 Å². The third kappa shape index (κ3) is 5.51. The number of likely N-dealkylation sites (tertiary alicyclic amines) is 1. The van der Waals surface area contributed by atoms with E-state index >= 15 is 0 Å². The highest BCUT2D eigenvalue weighted by molar-refractivity contribution is 6.01. The zero-order valence-corrected chi connectivity index (χ0v) is 23.7. The van der Waals surface area contributed by atoms with Gasteiger partial charge in [-0.25, -0.2) is 0 Å². The second-order valence-electron chi connectivity index (χ2n) is 10.9. The second kappa shape index (κ2) is 12.4. The van der Waals surface area contributed by atoms with Crippen molar-refractivity contribution >= 4 is 11.8 Å². The molecule has 7 heteroatoms. The first kappa shape index (κ1) is 27.5. The Morgan fingerprint density at radius 2 is 1.77 bits per heavy atom. The van der Waals surface area contributed by atoms with Crippen molar-refractivity contribution in [1.29, 1.82) is 0 Å². The summed E-state index contributed by atoms with van der Waals surface area (Å²) < 4.78 is 11.8. The summed E-state index contributed by atoms with van der Waals surface area (Å²) in [6.45, 7) is 10.6. The summed E-state index contributed by atoms with van der Waals surface area (Å²) in [5.74, 6) is 0.877. The summed E-state index contributed by atoms with van der Waals surface area (Å²) in [6.07, 6.45) is 6.69. The predicted molar refractivity (Wildman–Crippen MR) is 153 cm³/mol. The highest BCUT2D eigenvalue weighted by Gasteiger charge is 2.46. The van der Waals surface area contributed by atoms with E-state index in [1.54, 1.807) is 0 Å². The lowest BCUT2D eigenvalue weighted by molar-refractivity contribution is -0.124. The molecule has 0 spiro atoms. The van der Waals surface area contributed by atoms with Gasteiger partial charge in [0.2, 0.25) is 5.91 Å². The number of carbonyl (C=O) groups excluding carboxylic acids is 2. The number of carbonyl (C=O) groups is 2. The molecule has 3 heterocycles. The van der Waals surface area contributed by atoms with Crippen LogP contribution in [-0.2, 0) is 11.2 Å². The van der Waals surface area contributed by atoms with Gasteiger partial charge in [-0.3, -0.25) is 9.59 Å². The Bertz CT molecular complexity index is 1180. The molecule has 7 nitrogen and oxygen atoms in total. The molecule has 5 rings (SSSR count). The van der Waals surface area contributed by atoms with E-state index in [2.05, 4.69) is 17.1 Å². The van der Waals surface area contributed by atoms with Gasteiger partial charge in [0.25, 0.3) is 5.91 Å². The van der Waals surface area contributed by atoms with E-state index in [-0.39, 0.29) is 17.9 Å². The number of rotatable bonds is 10. The number of hydrogen-bond donors (Lipinski definition) is 1. The van der Waals surface area contributed by atoms with Crippen molar-refractivity contribution in [3.63, 3.8) is 0 Å². The molecule has 210 valence electrons. The van der Waals surface area contributed by atoms with Crippen LogP contribution >= 0.6 is 0 Å². The molecular weight excluding hydrogens is 490 g/mol. The van der Waals surface area contributed by atoms with Crippen LogP contribution < -0.4 is 14.8 Å². The molecule has 0 bridgehead atoms. The molecule has 1 fully saturated rings. The van der Waals surface area contributed by atoms with Crippen LogP contribution in [0.15, 0.2) is 36.4 Å². The summed E-state index contributed by atoms with van der Waals surface area (Å²) in [6, 6.07) is 11.9. The maximum Gasteiger partial charge on any atom is 0.254 e. The minimum atomic E-state index is -0.483. The van der Waals surface area contributed by atoms with Crippen molar-refractivity contribution in [3.8, 4) is 11.5 Å². The van der Waals surface area contributed by atoms with Crippen molar-refractivity contribution in [2.75, 3.05) is 39.4 Å². The van der Waals surface area contributed by atoms with E-state index in [4.69, 9.17) is 9.47 Å². The number of ether oxygens (including phenoxy) is 2. The molecule has 3 aliphatic heterocycles. The van der Waals surface area contributed by atoms with Crippen molar-refractivity contribution in [3.05, 3.63) is 58.7 Å². The molecule has 0 aromatic heterocycles. The van der Waals surface area contributed by atoms with Gasteiger partial charge in [0.05, 0.1) is 25.2 Å². The number of piperidine rings is 1. The summed E-state index contributed by atoms with van der Waals surface area (Å²) in [7, 11) is 0. The number of nitrogens with zero attached hydrogens (tertiary/aromatic N) is 2. The molecule has 2 amide bonds. The molecule has 1 saturated heterocycles. The predicted octanol–water partition coefficient (Wildman–Crippen LogP) is 5.09. The smallest absolute Gasteiger partial charge is 0.254 e. The number of fused-ring (bicyclic) bond motifs is 4. The van der Waals surface area contributed by atoms with Crippen molar-refractivity contribution in [2.45, 2.75) is 77.3 Å². The summed E-state index contributed by atoms with van der Waals surface area (Å²) in [5.41, 5.74) is 3.54. The lowest BCUT2D eigenvalue weighted by Crippen LogP contribution is -2.50. The van der Waals surface area contributed by atoms with Crippen LogP contribution in [0.4, 0.5) is 0 Å². The van der Waals surface area contributed by atoms with Crippen LogP contribution in [0.1, 0.15) is 91.9 Å². The average Bonchev–Trinajstić information content (AvgIpc) is 2.96. The maximum absolute atomic E-state index is 14.0. The first-order valence-electron chi connectivity index (χ1n) is 14.9. The third-order valence-corrected chi connectivity index (χ3v) is 8.61. The molecule has 0 unspecified atom stereocenters. The molecular formula is C32H43N3O4. The van der Waals surface area contributed by atoms with E-state index in [0.717, 1.165) is 48.4 Å². The summed E-state index contributed by atoms with van der Waals surface area (Å²) in [4.78, 5) is 32.1. The van der Waals surface area contributed by atoms with Gasteiger partial charge in [0.1, 0.15) is 0 Å². The van der Waals surface area contributed by atoms with Crippen molar-refractivity contribution in [1.82, 2.24) is 15.1 Å². The first-order valence-corrected chi connectivity index (χ1v) is 14.9. The highest BCUT2D eigenvalue weighted by atomic mass is 16.5. The Hall–Kier alpha value is -3.06. The SMILES string of the molecule is CCOc1cc2c(cc1OCC)[C@@H]1[C@@H](C(=O)NCCCN3CCCC[C@H]3CC)c3ccccc3C(=O)N1CC2. The molecule has 2 aromatic rings. The maximum atomic E-state index is 14.0. The van der Waals surface area contributed by atoms with Gasteiger partial charge in [-0.2, -0.15) is 0 Å². The molecule has 0 radical (unpaired) electrons. The van der Waals surface area contributed by atoms with Crippen molar-refractivity contribution < 1.29 is 19.1 Å². The Labute approximate surface area is 232 Å². The largest absolute Gasteiger partial charge is 0.490 e. The lowest BCUT2D eigenvalue weighted by atomic mass is 9.75. The van der Waals surface area contributed by atoms with E-state index in [1.807, 2.05) is 55.1 Å². The zero-order valence-electron chi connectivity index (χ0n) is 23.7. The van der Waals surface area contributed by atoms with Crippen LogP contribution in [0.5, 0.6) is 11.5 Å². The molecule has 1 N–H and O–H groups in total.